The van der Waals surface area contributed by atoms with Crippen LogP contribution in [0.5, 0.6) is 0 Å². The van der Waals surface area contributed by atoms with Crippen molar-refractivity contribution < 1.29 is 4.74 Å². The Hall–Kier alpha value is -0.0800. The van der Waals surface area contributed by atoms with E-state index in [1.807, 2.05) is 0 Å². The van der Waals surface area contributed by atoms with Crippen molar-refractivity contribution in [3.63, 3.8) is 0 Å². The molecule has 5 rings (SSSR count). The van der Waals surface area contributed by atoms with Crippen LogP contribution < -0.4 is 5.32 Å². The molecule has 2 heteroatoms. The van der Waals surface area contributed by atoms with Crippen molar-refractivity contribution in [3.8, 4) is 0 Å². The van der Waals surface area contributed by atoms with E-state index in [9.17, 15) is 0 Å². The second kappa shape index (κ2) is 5.25. The lowest BCUT2D eigenvalue weighted by molar-refractivity contribution is -0.180. The fourth-order valence-corrected chi connectivity index (χ4v) is 8.76. The maximum absolute atomic E-state index is 6.77. The molecule has 0 aromatic carbocycles. The van der Waals surface area contributed by atoms with Gasteiger partial charge in [0.05, 0.1) is 5.60 Å². The van der Waals surface area contributed by atoms with Crippen molar-refractivity contribution in [1.82, 2.24) is 5.32 Å². The van der Waals surface area contributed by atoms with E-state index in [-0.39, 0.29) is 11.3 Å². The average molecular weight is 346 g/mol. The topological polar surface area (TPSA) is 21.3 Å². The van der Waals surface area contributed by atoms with Gasteiger partial charge < -0.3 is 4.74 Å². The Balaban J connectivity index is 1.46. The van der Waals surface area contributed by atoms with Gasteiger partial charge in [0.25, 0.3) is 0 Å². The summed E-state index contributed by atoms with van der Waals surface area (Å²) in [6, 6.07) is 0. The Labute approximate surface area is 154 Å². The molecule has 4 aliphatic carbocycles. The molecule has 142 valence electrons. The van der Waals surface area contributed by atoms with Gasteiger partial charge in [-0.3, -0.25) is 5.32 Å². The highest BCUT2D eigenvalue weighted by molar-refractivity contribution is 5.17. The first-order chi connectivity index (χ1) is 11.8. The SMILES string of the molecule is CC1(C)NC[C@@]2(CCC3C4CCC5CCCC[C@]5(C)C4CC[C@@]32C)O1. The summed E-state index contributed by atoms with van der Waals surface area (Å²) in [5.41, 5.74) is 1.03. The zero-order valence-corrected chi connectivity index (χ0v) is 17.0. The highest BCUT2D eigenvalue weighted by Crippen LogP contribution is 2.69. The maximum atomic E-state index is 6.77. The molecule has 4 saturated carbocycles. The van der Waals surface area contributed by atoms with Crippen molar-refractivity contribution in [2.24, 2.45) is 34.5 Å². The van der Waals surface area contributed by atoms with Crippen LogP contribution in [-0.4, -0.2) is 17.9 Å². The summed E-state index contributed by atoms with van der Waals surface area (Å²) in [6.45, 7) is 10.8. The molecule has 1 spiro atoms. The maximum Gasteiger partial charge on any atom is 0.114 e. The molecule has 2 nitrogen and oxygen atoms in total. The number of nitrogens with one attached hydrogen (secondary N) is 1. The normalized spacial score (nSPS) is 57.1. The Morgan fingerprint density at radius 1 is 0.800 bits per heavy atom. The van der Waals surface area contributed by atoms with E-state index in [2.05, 4.69) is 33.0 Å². The molecule has 7 atom stereocenters. The molecule has 1 aliphatic heterocycles. The van der Waals surface area contributed by atoms with Gasteiger partial charge in [0.1, 0.15) is 5.72 Å². The van der Waals surface area contributed by atoms with E-state index in [0.717, 1.165) is 30.2 Å². The molecule has 1 saturated heterocycles. The number of rotatable bonds is 0. The van der Waals surface area contributed by atoms with E-state index in [0.29, 0.717) is 10.8 Å². The number of ether oxygens (including phenoxy) is 1. The van der Waals surface area contributed by atoms with Gasteiger partial charge in [0.2, 0.25) is 0 Å². The molecule has 0 aromatic heterocycles. The summed E-state index contributed by atoms with van der Waals surface area (Å²) in [6.07, 6.45) is 14.6. The largest absolute Gasteiger partial charge is 0.353 e. The lowest BCUT2D eigenvalue weighted by Crippen LogP contribution is -2.57. The van der Waals surface area contributed by atoms with E-state index in [1.165, 1.54) is 64.2 Å². The third-order valence-electron chi connectivity index (χ3n) is 10.1. The summed E-state index contributed by atoms with van der Waals surface area (Å²) in [5, 5.41) is 3.69. The molecule has 1 heterocycles. The fourth-order valence-electron chi connectivity index (χ4n) is 8.76. The first-order valence-electron chi connectivity index (χ1n) is 11.2. The highest BCUT2D eigenvalue weighted by Gasteiger charge is 2.67. The van der Waals surface area contributed by atoms with Gasteiger partial charge in [-0.2, -0.15) is 0 Å². The molecule has 0 aromatic rings. The van der Waals surface area contributed by atoms with Crippen LogP contribution in [-0.2, 0) is 4.74 Å². The van der Waals surface area contributed by atoms with Crippen LogP contribution in [0.25, 0.3) is 0 Å². The summed E-state index contributed by atoms with van der Waals surface area (Å²) in [4.78, 5) is 0. The third kappa shape index (κ3) is 2.16. The van der Waals surface area contributed by atoms with E-state index in [4.69, 9.17) is 4.74 Å². The van der Waals surface area contributed by atoms with Gasteiger partial charge in [0, 0.05) is 12.0 Å². The Morgan fingerprint density at radius 3 is 2.36 bits per heavy atom. The zero-order valence-electron chi connectivity index (χ0n) is 17.0. The van der Waals surface area contributed by atoms with Crippen molar-refractivity contribution in [1.29, 1.82) is 0 Å². The zero-order chi connectivity index (χ0) is 17.5. The first kappa shape index (κ1) is 17.0. The molecule has 25 heavy (non-hydrogen) atoms. The van der Waals surface area contributed by atoms with Gasteiger partial charge in [-0.25, -0.2) is 0 Å². The van der Waals surface area contributed by atoms with Gasteiger partial charge in [-0.1, -0.05) is 26.7 Å². The minimum atomic E-state index is -0.137. The van der Waals surface area contributed by atoms with Crippen LogP contribution in [0, 0.1) is 34.5 Å². The number of hydrogen-bond donors (Lipinski definition) is 1. The Morgan fingerprint density at radius 2 is 1.60 bits per heavy atom. The molecule has 0 amide bonds. The van der Waals surface area contributed by atoms with Crippen LogP contribution >= 0.6 is 0 Å². The quantitative estimate of drug-likeness (QED) is 0.624. The smallest absolute Gasteiger partial charge is 0.114 e. The predicted molar refractivity (Wildman–Crippen MR) is 102 cm³/mol. The second-order valence-corrected chi connectivity index (χ2v) is 11.4. The van der Waals surface area contributed by atoms with Crippen LogP contribution in [0.1, 0.15) is 91.9 Å². The minimum Gasteiger partial charge on any atom is -0.353 e. The molecule has 0 radical (unpaired) electrons. The van der Waals surface area contributed by atoms with Gasteiger partial charge in [-0.15, -0.1) is 0 Å². The minimum absolute atomic E-state index is 0.108. The summed E-state index contributed by atoms with van der Waals surface area (Å²) < 4.78 is 6.77. The van der Waals surface area contributed by atoms with Crippen molar-refractivity contribution in [2.75, 3.05) is 6.54 Å². The van der Waals surface area contributed by atoms with Gasteiger partial charge in [0.15, 0.2) is 0 Å². The standard InChI is InChI=1S/C23H39NO/c1-20(2)24-15-23(25-20)14-11-19-17-9-8-16-7-5-6-12-21(16,3)18(17)10-13-22(19,23)4/h16-19,24H,5-15H2,1-4H3/t16?,17?,18?,19?,21-,22-,23+/m0/s1. The second-order valence-electron chi connectivity index (χ2n) is 11.4. The summed E-state index contributed by atoms with van der Waals surface area (Å²) in [5.74, 6) is 3.92. The van der Waals surface area contributed by atoms with Crippen molar-refractivity contribution in [3.05, 3.63) is 0 Å². The first-order valence-corrected chi connectivity index (χ1v) is 11.2. The Bertz CT molecular complexity index is 558. The highest BCUT2D eigenvalue weighted by atomic mass is 16.6. The van der Waals surface area contributed by atoms with Crippen molar-refractivity contribution >= 4 is 0 Å². The summed E-state index contributed by atoms with van der Waals surface area (Å²) >= 11 is 0. The van der Waals surface area contributed by atoms with Crippen LogP contribution in [0.3, 0.4) is 0 Å². The van der Waals surface area contributed by atoms with Crippen LogP contribution in [0.4, 0.5) is 0 Å². The number of hydrogen-bond acceptors (Lipinski definition) is 2. The fraction of sp³-hybridized carbons (Fsp3) is 1.00. The molecule has 5 aliphatic rings. The predicted octanol–water partition coefficient (Wildman–Crippen LogP) is 5.51. The molecule has 4 unspecified atom stereocenters. The molecular formula is C23H39NO. The molecule has 1 N–H and O–H groups in total. The third-order valence-corrected chi connectivity index (χ3v) is 10.1. The molecular weight excluding hydrogens is 306 g/mol. The van der Waals surface area contributed by atoms with E-state index >= 15 is 0 Å². The lowest BCUT2D eigenvalue weighted by atomic mass is 9.44. The lowest BCUT2D eigenvalue weighted by Gasteiger charge is -2.61. The van der Waals surface area contributed by atoms with Crippen molar-refractivity contribution in [2.45, 2.75) is 103 Å². The van der Waals surface area contributed by atoms with Gasteiger partial charge >= 0.3 is 0 Å². The number of fused-ring (bicyclic) bond motifs is 6. The van der Waals surface area contributed by atoms with Crippen LogP contribution in [0.15, 0.2) is 0 Å². The van der Waals surface area contributed by atoms with E-state index < -0.39 is 0 Å². The molecule has 5 fully saturated rings. The summed E-state index contributed by atoms with van der Waals surface area (Å²) in [7, 11) is 0. The van der Waals surface area contributed by atoms with E-state index in [1.54, 1.807) is 0 Å². The van der Waals surface area contributed by atoms with Crippen LogP contribution in [0.2, 0.25) is 0 Å². The van der Waals surface area contributed by atoms with Gasteiger partial charge in [-0.05, 0) is 94.3 Å². The average Bonchev–Trinajstić information content (AvgIpc) is 3.04. The Kier molecular flexibility index (Phi) is 3.58. The monoisotopic (exact) mass is 345 g/mol. The molecule has 0 bridgehead atoms.